The molecule has 0 aromatic rings. The monoisotopic (exact) mass is 269 g/mol. The third-order valence-corrected chi connectivity index (χ3v) is 2.03. The van der Waals surface area contributed by atoms with Gasteiger partial charge in [-0.05, 0) is 12.3 Å². The Balaban J connectivity index is 0.000000360. The molecular formula is C10H14F3NO4. The lowest BCUT2D eigenvalue weighted by atomic mass is 10.1. The van der Waals surface area contributed by atoms with Crippen molar-refractivity contribution >= 4 is 11.9 Å². The van der Waals surface area contributed by atoms with E-state index in [2.05, 4.69) is 0 Å². The van der Waals surface area contributed by atoms with E-state index in [1.54, 1.807) is 6.08 Å². The SMILES string of the molecule is N[C@H](C=CC(=O)O)CC1CC1.O=C(O)C(F)(F)F. The Morgan fingerprint density at radius 1 is 1.33 bits per heavy atom. The maximum absolute atomic E-state index is 10.6. The van der Waals surface area contributed by atoms with Gasteiger partial charge in [0.2, 0.25) is 0 Å². The minimum atomic E-state index is -5.08. The van der Waals surface area contributed by atoms with Crippen molar-refractivity contribution in [3.8, 4) is 0 Å². The zero-order valence-corrected chi connectivity index (χ0v) is 9.35. The van der Waals surface area contributed by atoms with Gasteiger partial charge in [0.25, 0.3) is 0 Å². The van der Waals surface area contributed by atoms with Gasteiger partial charge in [-0.3, -0.25) is 0 Å². The molecule has 0 heterocycles. The van der Waals surface area contributed by atoms with E-state index < -0.39 is 18.1 Å². The molecule has 4 N–H and O–H groups in total. The third-order valence-electron chi connectivity index (χ3n) is 2.03. The van der Waals surface area contributed by atoms with Crippen molar-refractivity contribution in [2.24, 2.45) is 11.7 Å². The normalized spacial score (nSPS) is 16.9. The van der Waals surface area contributed by atoms with E-state index in [0.29, 0.717) is 0 Å². The predicted molar refractivity (Wildman–Crippen MR) is 55.8 cm³/mol. The fourth-order valence-electron chi connectivity index (χ4n) is 1.02. The number of alkyl halides is 3. The zero-order chi connectivity index (χ0) is 14.3. The van der Waals surface area contributed by atoms with Crippen LogP contribution in [-0.2, 0) is 9.59 Å². The van der Waals surface area contributed by atoms with Crippen molar-refractivity contribution in [2.45, 2.75) is 31.5 Å². The molecule has 0 unspecified atom stereocenters. The van der Waals surface area contributed by atoms with E-state index in [9.17, 15) is 18.0 Å². The van der Waals surface area contributed by atoms with Gasteiger partial charge in [-0.2, -0.15) is 13.2 Å². The summed E-state index contributed by atoms with van der Waals surface area (Å²) < 4.78 is 31.7. The number of nitrogens with two attached hydrogens (primary N) is 1. The number of carboxylic acids is 2. The predicted octanol–water partition coefficient (Wildman–Crippen LogP) is 1.39. The molecule has 8 heteroatoms. The maximum Gasteiger partial charge on any atom is 0.490 e. The Hall–Kier alpha value is -1.57. The molecule has 1 saturated carbocycles. The Morgan fingerprint density at radius 3 is 2.06 bits per heavy atom. The fourth-order valence-corrected chi connectivity index (χ4v) is 1.02. The molecule has 0 spiro atoms. The van der Waals surface area contributed by atoms with Gasteiger partial charge in [-0.1, -0.05) is 18.9 Å². The van der Waals surface area contributed by atoms with E-state index in [4.69, 9.17) is 20.7 Å². The number of rotatable bonds is 4. The van der Waals surface area contributed by atoms with Crippen molar-refractivity contribution in [1.82, 2.24) is 0 Å². The summed E-state index contributed by atoms with van der Waals surface area (Å²) in [6.45, 7) is 0. The summed E-state index contributed by atoms with van der Waals surface area (Å²) >= 11 is 0. The van der Waals surface area contributed by atoms with Gasteiger partial charge in [0, 0.05) is 12.1 Å². The average molecular weight is 269 g/mol. The number of hydrogen-bond donors (Lipinski definition) is 3. The highest BCUT2D eigenvalue weighted by molar-refractivity contribution is 5.79. The highest BCUT2D eigenvalue weighted by atomic mass is 19.4. The Kier molecular flexibility index (Phi) is 6.39. The first-order chi connectivity index (χ1) is 8.12. The van der Waals surface area contributed by atoms with E-state index in [-0.39, 0.29) is 6.04 Å². The van der Waals surface area contributed by atoms with Gasteiger partial charge in [0.05, 0.1) is 0 Å². The first kappa shape index (κ1) is 16.4. The van der Waals surface area contributed by atoms with Crippen LogP contribution in [0.25, 0.3) is 0 Å². The van der Waals surface area contributed by atoms with Crippen LogP contribution in [0.1, 0.15) is 19.3 Å². The van der Waals surface area contributed by atoms with Gasteiger partial charge in [-0.25, -0.2) is 9.59 Å². The molecule has 5 nitrogen and oxygen atoms in total. The van der Waals surface area contributed by atoms with Gasteiger partial charge < -0.3 is 15.9 Å². The van der Waals surface area contributed by atoms with Gasteiger partial charge in [0.15, 0.2) is 0 Å². The molecule has 0 aliphatic heterocycles. The quantitative estimate of drug-likeness (QED) is 0.669. The molecule has 18 heavy (non-hydrogen) atoms. The van der Waals surface area contributed by atoms with Crippen LogP contribution in [0, 0.1) is 5.92 Å². The van der Waals surface area contributed by atoms with Crippen molar-refractivity contribution < 1.29 is 33.0 Å². The van der Waals surface area contributed by atoms with E-state index in [1.807, 2.05) is 0 Å². The van der Waals surface area contributed by atoms with Crippen LogP contribution >= 0.6 is 0 Å². The molecule has 0 bridgehead atoms. The summed E-state index contributed by atoms with van der Waals surface area (Å²) in [4.78, 5) is 19.0. The third kappa shape index (κ3) is 9.64. The molecule has 0 radical (unpaired) electrons. The zero-order valence-electron chi connectivity index (χ0n) is 9.35. The van der Waals surface area contributed by atoms with Crippen LogP contribution in [0.4, 0.5) is 13.2 Å². The number of hydrogen-bond acceptors (Lipinski definition) is 3. The van der Waals surface area contributed by atoms with Crippen LogP contribution in [-0.4, -0.2) is 34.4 Å². The minimum absolute atomic E-state index is 0.0707. The highest BCUT2D eigenvalue weighted by Gasteiger charge is 2.38. The summed E-state index contributed by atoms with van der Waals surface area (Å²) in [5.41, 5.74) is 5.61. The second-order valence-electron chi connectivity index (χ2n) is 3.84. The molecule has 1 rings (SSSR count). The first-order valence-corrected chi connectivity index (χ1v) is 5.09. The Labute approximate surface area is 101 Å². The fraction of sp³-hybridized carbons (Fsp3) is 0.600. The summed E-state index contributed by atoms with van der Waals surface area (Å²) in [6.07, 6.45) is 1.04. The highest BCUT2D eigenvalue weighted by Crippen LogP contribution is 2.33. The van der Waals surface area contributed by atoms with Gasteiger partial charge in [-0.15, -0.1) is 0 Å². The molecule has 104 valence electrons. The first-order valence-electron chi connectivity index (χ1n) is 5.09. The molecular weight excluding hydrogens is 255 g/mol. The molecule has 1 aliphatic carbocycles. The number of halogens is 3. The topological polar surface area (TPSA) is 101 Å². The standard InChI is InChI=1S/C8H13NO2.C2HF3O2/c9-7(3-4-8(10)11)5-6-1-2-6;3-2(4,5)1(6)7/h3-4,6-7H,1-2,5,9H2,(H,10,11);(H,6,7)/t7-;/m1./s1. The number of aliphatic carboxylic acids is 2. The van der Waals surface area contributed by atoms with Gasteiger partial charge >= 0.3 is 18.1 Å². The van der Waals surface area contributed by atoms with Crippen molar-refractivity contribution in [3.63, 3.8) is 0 Å². The summed E-state index contributed by atoms with van der Waals surface area (Å²) in [6, 6.07) is -0.0707. The molecule has 1 fully saturated rings. The lowest BCUT2D eigenvalue weighted by molar-refractivity contribution is -0.192. The summed E-state index contributed by atoms with van der Waals surface area (Å²) in [7, 11) is 0. The lowest BCUT2D eigenvalue weighted by Gasteiger charge is -2.02. The Bertz CT molecular complexity index is 324. The molecule has 1 atom stereocenters. The second kappa shape index (κ2) is 7.00. The smallest absolute Gasteiger partial charge is 0.478 e. The molecule has 0 aromatic carbocycles. The minimum Gasteiger partial charge on any atom is -0.478 e. The Morgan fingerprint density at radius 2 is 1.78 bits per heavy atom. The average Bonchev–Trinajstić information content (AvgIpc) is 2.98. The van der Waals surface area contributed by atoms with Gasteiger partial charge in [0.1, 0.15) is 0 Å². The van der Waals surface area contributed by atoms with Crippen LogP contribution in [0.3, 0.4) is 0 Å². The summed E-state index contributed by atoms with van der Waals surface area (Å²) in [5, 5.41) is 15.4. The molecule has 0 amide bonds. The summed E-state index contributed by atoms with van der Waals surface area (Å²) in [5.74, 6) is -2.92. The van der Waals surface area contributed by atoms with Crippen LogP contribution in [0.15, 0.2) is 12.2 Å². The van der Waals surface area contributed by atoms with Crippen molar-refractivity contribution in [1.29, 1.82) is 0 Å². The molecule has 1 aliphatic rings. The van der Waals surface area contributed by atoms with E-state index in [1.165, 1.54) is 12.8 Å². The number of carboxylic acid groups (broad SMARTS) is 2. The molecule has 0 saturated heterocycles. The van der Waals surface area contributed by atoms with E-state index >= 15 is 0 Å². The van der Waals surface area contributed by atoms with Crippen molar-refractivity contribution in [2.75, 3.05) is 0 Å². The second-order valence-corrected chi connectivity index (χ2v) is 3.84. The molecule has 0 aromatic heterocycles. The van der Waals surface area contributed by atoms with Crippen LogP contribution < -0.4 is 5.73 Å². The van der Waals surface area contributed by atoms with Crippen LogP contribution in [0.5, 0.6) is 0 Å². The largest absolute Gasteiger partial charge is 0.490 e. The van der Waals surface area contributed by atoms with Crippen molar-refractivity contribution in [3.05, 3.63) is 12.2 Å². The van der Waals surface area contributed by atoms with Crippen LogP contribution in [0.2, 0.25) is 0 Å². The number of carbonyl (C=O) groups is 2. The maximum atomic E-state index is 10.6. The van der Waals surface area contributed by atoms with E-state index in [0.717, 1.165) is 18.4 Å². The lowest BCUT2D eigenvalue weighted by Crippen LogP contribution is -2.21.